The number of amides is 1. The number of carbonyl (C=O) groups is 1. The van der Waals surface area contributed by atoms with Crippen LogP contribution in [-0.4, -0.2) is 37.2 Å². The van der Waals surface area contributed by atoms with E-state index in [4.69, 9.17) is 10.5 Å². The molecule has 0 aromatic carbocycles. The van der Waals surface area contributed by atoms with Crippen molar-refractivity contribution in [3.8, 4) is 0 Å². The summed E-state index contributed by atoms with van der Waals surface area (Å²) in [6, 6.07) is 1.67. The highest BCUT2D eigenvalue weighted by molar-refractivity contribution is 5.88. The molecule has 0 bridgehead atoms. The molecule has 1 aliphatic heterocycles. The Balaban J connectivity index is 2.15. The molecule has 1 aliphatic rings. The molecule has 0 saturated carbocycles. The van der Waals surface area contributed by atoms with Gasteiger partial charge in [0.05, 0.1) is 30.8 Å². The van der Waals surface area contributed by atoms with E-state index in [2.05, 4.69) is 15.2 Å². The van der Waals surface area contributed by atoms with E-state index in [0.29, 0.717) is 24.7 Å². The van der Waals surface area contributed by atoms with Crippen molar-refractivity contribution in [2.75, 3.05) is 42.3 Å². The molecule has 2 heterocycles. The molecule has 1 saturated heterocycles. The van der Waals surface area contributed by atoms with Gasteiger partial charge >= 0.3 is 0 Å². The van der Waals surface area contributed by atoms with Crippen LogP contribution in [0.2, 0.25) is 0 Å². The quantitative estimate of drug-likeness (QED) is 0.779. The van der Waals surface area contributed by atoms with Crippen LogP contribution in [0.4, 0.5) is 17.2 Å². The largest absolute Gasteiger partial charge is 0.397 e. The number of nitrogens with zero attached hydrogens (tertiary/aromatic N) is 2. The number of ether oxygens (including phenoxy) is 1. The van der Waals surface area contributed by atoms with E-state index in [9.17, 15) is 4.79 Å². The number of rotatable bonds is 2. The van der Waals surface area contributed by atoms with Crippen molar-refractivity contribution in [2.24, 2.45) is 0 Å². The zero-order valence-corrected chi connectivity index (χ0v) is 9.77. The van der Waals surface area contributed by atoms with E-state index in [0.717, 1.165) is 18.8 Å². The minimum atomic E-state index is -0.156. The molecular weight excluding hydrogens is 220 g/mol. The highest BCUT2D eigenvalue weighted by Crippen LogP contribution is 2.25. The standard InChI is InChI=1S/C11H16N4O2/c1-8(16)14-11-6-9(12)10(7-13-11)15-2-4-17-5-3-15/h6-7H,2-5H2,1H3,(H3,12,13,14,16). The average Bonchev–Trinajstić information content (AvgIpc) is 2.29. The molecule has 0 aliphatic carbocycles. The van der Waals surface area contributed by atoms with Gasteiger partial charge in [0.2, 0.25) is 5.91 Å². The average molecular weight is 236 g/mol. The lowest BCUT2D eigenvalue weighted by Crippen LogP contribution is -2.36. The van der Waals surface area contributed by atoms with Crippen molar-refractivity contribution in [2.45, 2.75) is 6.92 Å². The van der Waals surface area contributed by atoms with Crippen molar-refractivity contribution < 1.29 is 9.53 Å². The van der Waals surface area contributed by atoms with Gasteiger partial charge < -0.3 is 20.7 Å². The van der Waals surface area contributed by atoms with Gasteiger partial charge in [-0.25, -0.2) is 4.98 Å². The van der Waals surface area contributed by atoms with Gasteiger partial charge in [0.1, 0.15) is 5.82 Å². The number of anilines is 3. The number of morpholine rings is 1. The number of pyridine rings is 1. The highest BCUT2D eigenvalue weighted by Gasteiger charge is 2.14. The van der Waals surface area contributed by atoms with Gasteiger partial charge in [-0.3, -0.25) is 4.79 Å². The summed E-state index contributed by atoms with van der Waals surface area (Å²) in [6.07, 6.45) is 1.69. The van der Waals surface area contributed by atoms with Crippen molar-refractivity contribution in [1.29, 1.82) is 0 Å². The fraction of sp³-hybridized carbons (Fsp3) is 0.455. The number of hydrogen-bond acceptors (Lipinski definition) is 5. The second-order valence-corrected chi connectivity index (χ2v) is 3.91. The summed E-state index contributed by atoms with van der Waals surface area (Å²) >= 11 is 0. The molecule has 17 heavy (non-hydrogen) atoms. The summed E-state index contributed by atoms with van der Waals surface area (Å²) in [5.41, 5.74) is 7.46. The molecule has 0 radical (unpaired) electrons. The van der Waals surface area contributed by atoms with Gasteiger partial charge in [0.15, 0.2) is 0 Å². The molecule has 6 nitrogen and oxygen atoms in total. The van der Waals surface area contributed by atoms with Crippen LogP contribution in [0.5, 0.6) is 0 Å². The number of hydrogen-bond donors (Lipinski definition) is 2. The molecule has 3 N–H and O–H groups in total. The first-order valence-corrected chi connectivity index (χ1v) is 5.52. The van der Waals surface area contributed by atoms with E-state index in [-0.39, 0.29) is 5.91 Å². The fourth-order valence-corrected chi connectivity index (χ4v) is 1.78. The first kappa shape index (κ1) is 11.7. The van der Waals surface area contributed by atoms with Crippen LogP contribution in [0.25, 0.3) is 0 Å². The van der Waals surface area contributed by atoms with E-state index >= 15 is 0 Å². The van der Waals surface area contributed by atoms with Gasteiger partial charge in [-0.15, -0.1) is 0 Å². The predicted octanol–water partition coefficient (Wildman–Crippen LogP) is 0.459. The van der Waals surface area contributed by atoms with Gasteiger partial charge in [-0.2, -0.15) is 0 Å². The number of nitrogen functional groups attached to an aromatic ring is 1. The molecule has 1 fully saturated rings. The number of carbonyl (C=O) groups excluding carboxylic acids is 1. The third-order valence-corrected chi connectivity index (χ3v) is 2.57. The molecule has 2 rings (SSSR count). The van der Waals surface area contributed by atoms with Crippen molar-refractivity contribution in [3.63, 3.8) is 0 Å². The molecule has 1 amide bonds. The summed E-state index contributed by atoms with van der Waals surface area (Å²) < 4.78 is 5.28. The number of nitrogens with one attached hydrogen (secondary N) is 1. The van der Waals surface area contributed by atoms with E-state index in [1.807, 2.05) is 0 Å². The van der Waals surface area contributed by atoms with Crippen LogP contribution in [0.3, 0.4) is 0 Å². The van der Waals surface area contributed by atoms with Crippen LogP contribution < -0.4 is 16.0 Å². The van der Waals surface area contributed by atoms with Crippen LogP contribution in [0.1, 0.15) is 6.92 Å². The first-order chi connectivity index (χ1) is 8.16. The van der Waals surface area contributed by atoms with E-state index < -0.39 is 0 Å². The third-order valence-electron chi connectivity index (χ3n) is 2.57. The zero-order chi connectivity index (χ0) is 12.3. The van der Waals surface area contributed by atoms with Gasteiger partial charge in [0, 0.05) is 26.1 Å². The maximum Gasteiger partial charge on any atom is 0.222 e. The monoisotopic (exact) mass is 236 g/mol. The maximum atomic E-state index is 10.9. The molecule has 6 heteroatoms. The Hall–Kier alpha value is -1.82. The lowest BCUT2D eigenvalue weighted by Gasteiger charge is -2.29. The van der Waals surface area contributed by atoms with Crippen molar-refractivity contribution in [3.05, 3.63) is 12.3 Å². The molecule has 1 aromatic rings. The summed E-state index contributed by atoms with van der Waals surface area (Å²) in [6.45, 7) is 4.46. The van der Waals surface area contributed by atoms with Crippen LogP contribution in [0.15, 0.2) is 12.3 Å². The predicted molar refractivity (Wildman–Crippen MR) is 66.0 cm³/mol. The maximum absolute atomic E-state index is 10.9. The Morgan fingerprint density at radius 2 is 2.24 bits per heavy atom. The lowest BCUT2D eigenvalue weighted by atomic mass is 10.3. The Labute approximate surface area is 99.8 Å². The Morgan fingerprint density at radius 1 is 1.53 bits per heavy atom. The van der Waals surface area contributed by atoms with E-state index in [1.54, 1.807) is 12.3 Å². The normalized spacial score (nSPS) is 15.7. The number of aromatic nitrogens is 1. The summed E-state index contributed by atoms with van der Waals surface area (Å²) in [5.74, 6) is 0.322. The molecule has 92 valence electrons. The third kappa shape index (κ3) is 2.85. The number of nitrogens with two attached hydrogens (primary N) is 1. The summed E-state index contributed by atoms with van der Waals surface area (Å²) in [5, 5.41) is 2.60. The fourth-order valence-electron chi connectivity index (χ4n) is 1.78. The topological polar surface area (TPSA) is 80.5 Å². The second kappa shape index (κ2) is 5.01. The Kier molecular flexibility index (Phi) is 3.43. The Bertz CT molecular complexity index is 416. The molecule has 0 atom stereocenters. The minimum absolute atomic E-state index is 0.156. The highest BCUT2D eigenvalue weighted by atomic mass is 16.5. The minimum Gasteiger partial charge on any atom is -0.397 e. The Morgan fingerprint density at radius 3 is 2.82 bits per heavy atom. The lowest BCUT2D eigenvalue weighted by molar-refractivity contribution is -0.114. The van der Waals surface area contributed by atoms with Crippen LogP contribution >= 0.6 is 0 Å². The summed E-state index contributed by atoms with van der Waals surface area (Å²) in [4.78, 5) is 17.2. The molecular formula is C11H16N4O2. The van der Waals surface area contributed by atoms with Crippen LogP contribution in [-0.2, 0) is 9.53 Å². The van der Waals surface area contributed by atoms with Gasteiger partial charge in [-0.1, -0.05) is 0 Å². The van der Waals surface area contributed by atoms with Gasteiger partial charge in [-0.05, 0) is 0 Å². The smallest absolute Gasteiger partial charge is 0.222 e. The zero-order valence-electron chi connectivity index (χ0n) is 9.77. The molecule has 0 spiro atoms. The molecule has 1 aromatic heterocycles. The van der Waals surface area contributed by atoms with Crippen molar-refractivity contribution >= 4 is 23.1 Å². The summed E-state index contributed by atoms with van der Waals surface area (Å²) in [7, 11) is 0. The van der Waals surface area contributed by atoms with E-state index in [1.165, 1.54) is 6.92 Å². The second-order valence-electron chi connectivity index (χ2n) is 3.91. The van der Waals surface area contributed by atoms with Crippen molar-refractivity contribution in [1.82, 2.24) is 4.98 Å². The van der Waals surface area contributed by atoms with Crippen LogP contribution in [0, 0.1) is 0 Å². The van der Waals surface area contributed by atoms with Gasteiger partial charge in [0.25, 0.3) is 0 Å². The first-order valence-electron chi connectivity index (χ1n) is 5.52. The SMILES string of the molecule is CC(=O)Nc1cc(N)c(N2CCOCC2)cn1. The molecule has 0 unspecified atom stereocenters.